The maximum atomic E-state index is 13.3. The van der Waals surface area contributed by atoms with E-state index in [9.17, 15) is 12.8 Å². The van der Waals surface area contributed by atoms with Gasteiger partial charge in [0.25, 0.3) is 0 Å². The minimum Gasteiger partial charge on any atom is -0.382 e. The van der Waals surface area contributed by atoms with Crippen LogP contribution in [0, 0.1) is 11.7 Å². The number of fused-ring (bicyclic) bond motifs is 1. The molecule has 0 radical (unpaired) electrons. The Morgan fingerprint density at radius 2 is 2.00 bits per heavy atom. The topological polar surface area (TPSA) is 64.4 Å². The van der Waals surface area contributed by atoms with Gasteiger partial charge in [-0.2, -0.15) is 4.31 Å². The molecule has 0 saturated carbocycles. The Bertz CT molecular complexity index is 1210. The molecule has 0 N–H and O–H groups in total. The fourth-order valence-electron chi connectivity index (χ4n) is 4.29. The summed E-state index contributed by atoms with van der Waals surface area (Å²) in [5.74, 6) is 0.756. The monoisotopic (exact) mass is 505 g/mol. The number of hydrogen-bond acceptors (Lipinski definition) is 5. The van der Waals surface area contributed by atoms with E-state index in [4.69, 9.17) is 9.72 Å². The summed E-state index contributed by atoms with van der Waals surface area (Å²) < 4.78 is 49.1. The molecule has 1 fully saturated rings. The van der Waals surface area contributed by atoms with Gasteiger partial charge in [0, 0.05) is 38.6 Å². The van der Waals surface area contributed by atoms with Gasteiger partial charge in [0.2, 0.25) is 10.0 Å². The molecule has 1 saturated heterocycles. The van der Waals surface area contributed by atoms with Crippen LogP contribution in [0.4, 0.5) is 4.39 Å². The van der Waals surface area contributed by atoms with Crippen LogP contribution in [0.3, 0.4) is 0 Å². The van der Waals surface area contributed by atoms with Crippen LogP contribution in [-0.2, 0) is 27.1 Å². The van der Waals surface area contributed by atoms with Crippen molar-refractivity contribution in [3.05, 3.63) is 53.8 Å². The normalized spacial score (nSPS) is 17.4. The number of aromatic nitrogens is 2. The zero-order valence-electron chi connectivity index (χ0n) is 19.7. The van der Waals surface area contributed by atoms with Gasteiger partial charge in [0.15, 0.2) is 5.16 Å². The average Bonchev–Trinajstić information content (AvgIpc) is 3.18. The number of imidazole rings is 1. The number of benzene rings is 2. The second-order valence-corrected chi connectivity index (χ2v) is 11.7. The maximum absolute atomic E-state index is 13.3. The van der Waals surface area contributed by atoms with Crippen LogP contribution in [0.5, 0.6) is 0 Å². The molecule has 1 atom stereocenters. The molecule has 184 valence electrons. The molecular formula is C25H32FN3O3S2. The summed E-state index contributed by atoms with van der Waals surface area (Å²) in [4.78, 5) is 5.10. The van der Waals surface area contributed by atoms with Crippen molar-refractivity contribution in [2.75, 3.05) is 26.3 Å². The predicted octanol–water partition coefficient (Wildman–Crippen LogP) is 5.31. The molecule has 1 aliphatic heterocycles. The molecule has 6 nitrogen and oxygen atoms in total. The highest BCUT2D eigenvalue weighted by atomic mass is 32.2. The Morgan fingerprint density at radius 3 is 2.74 bits per heavy atom. The van der Waals surface area contributed by atoms with Gasteiger partial charge in [-0.25, -0.2) is 17.8 Å². The molecule has 0 aliphatic carbocycles. The number of nitrogens with zero attached hydrogens (tertiary/aromatic N) is 3. The zero-order chi connectivity index (χ0) is 24.1. The number of halogens is 1. The van der Waals surface area contributed by atoms with Crippen LogP contribution in [0.1, 0.15) is 38.7 Å². The first-order chi connectivity index (χ1) is 16.4. The minimum atomic E-state index is -3.55. The van der Waals surface area contributed by atoms with Gasteiger partial charge in [-0.3, -0.25) is 0 Å². The maximum Gasteiger partial charge on any atom is 0.243 e. The zero-order valence-corrected chi connectivity index (χ0v) is 21.4. The van der Waals surface area contributed by atoms with Gasteiger partial charge in [-0.15, -0.1) is 0 Å². The van der Waals surface area contributed by atoms with Crippen molar-refractivity contribution in [2.45, 2.75) is 55.5 Å². The van der Waals surface area contributed by atoms with Gasteiger partial charge in [-0.05, 0) is 68.0 Å². The summed E-state index contributed by atoms with van der Waals surface area (Å²) in [6.07, 6.45) is 2.78. The summed E-state index contributed by atoms with van der Waals surface area (Å²) >= 11 is 1.57. The van der Waals surface area contributed by atoms with Gasteiger partial charge < -0.3 is 9.30 Å². The van der Waals surface area contributed by atoms with Crippen LogP contribution in [0.25, 0.3) is 11.0 Å². The number of sulfonamides is 1. The summed E-state index contributed by atoms with van der Waals surface area (Å²) in [5, 5.41) is 0.817. The molecular weight excluding hydrogens is 473 g/mol. The highest BCUT2D eigenvalue weighted by Gasteiger charge is 2.29. The molecule has 2 aromatic carbocycles. The van der Waals surface area contributed by atoms with Crippen LogP contribution in [0.15, 0.2) is 52.5 Å². The Hall–Kier alpha value is -1.94. The minimum absolute atomic E-state index is 0.256. The number of ether oxygens (including phenoxy) is 1. The fourth-order valence-corrected chi connectivity index (χ4v) is 6.90. The summed E-state index contributed by atoms with van der Waals surface area (Å²) in [6.45, 7) is 7.24. The number of rotatable bonds is 10. The van der Waals surface area contributed by atoms with E-state index in [1.165, 1.54) is 12.1 Å². The molecule has 9 heteroatoms. The number of hydrogen-bond donors (Lipinski definition) is 0. The third-order valence-corrected chi connectivity index (χ3v) is 9.01. The molecule has 34 heavy (non-hydrogen) atoms. The molecule has 0 spiro atoms. The van der Waals surface area contributed by atoms with Crippen molar-refractivity contribution in [2.24, 2.45) is 5.92 Å². The lowest BCUT2D eigenvalue weighted by Gasteiger charge is -2.30. The van der Waals surface area contributed by atoms with Gasteiger partial charge in [0.05, 0.1) is 15.9 Å². The van der Waals surface area contributed by atoms with Crippen LogP contribution in [0.2, 0.25) is 0 Å². The van der Waals surface area contributed by atoms with Gasteiger partial charge in [-0.1, -0.05) is 30.8 Å². The van der Waals surface area contributed by atoms with E-state index in [0.717, 1.165) is 42.0 Å². The molecule has 1 aromatic heterocycles. The molecule has 3 aromatic rings. The molecule has 0 unspecified atom stereocenters. The molecule has 0 amide bonds. The Kier molecular flexibility index (Phi) is 8.29. The first-order valence-electron chi connectivity index (χ1n) is 11.8. The Morgan fingerprint density at radius 1 is 1.21 bits per heavy atom. The van der Waals surface area contributed by atoms with Crippen LogP contribution in [-0.4, -0.2) is 48.6 Å². The number of aryl methyl sites for hydroxylation is 1. The van der Waals surface area contributed by atoms with E-state index in [1.54, 1.807) is 40.3 Å². The van der Waals surface area contributed by atoms with Gasteiger partial charge >= 0.3 is 0 Å². The van der Waals surface area contributed by atoms with Crippen molar-refractivity contribution in [1.82, 2.24) is 13.9 Å². The van der Waals surface area contributed by atoms with Crippen molar-refractivity contribution in [3.8, 4) is 0 Å². The molecule has 1 aliphatic rings. The smallest absolute Gasteiger partial charge is 0.243 e. The highest BCUT2D eigenvalue weighted by molar-refractivity contribution is 7.98. The SMILES string of the molecule is CCOCCCn1c(SCc2ccc(F)cc2)nc2cc(S(=O)(=O)N3CCC[C@H](C)C3)ccc21. The Labute approximate surface area is 205 Å². The summed E-state index contributed by atoms with van der Waals surface area (Å²) in [7, 11) is -3.55. The van der Waals surface area contributed by atoms with Crippen molar-refractivity contribution >= 4 is 32.8 Å². The molecule has 4 rings (SSSR count). The van der Waals surface area contributed by atoms with Crippen molar-refractivity contribution in [1.29, 1.82) is 0 Å². The first-order valence-corrected chi connectivity index (χ1v) is 14.3. The van der Waals surface area contributed by atoms with E-state index in [-0.39, 0.29) is 5.82 Å². The van der Waals surface area contributed by atoms with E-state index in [0.29, 0.717) is 48.4 Å². The highest BCUT2D eigenvalue weighted by Crippen LogP contribution is 2.30. The lowest BCUT2D eigenvalue weighted by atomic mass is 10.0. The fraction of sp³-hybridized carbons (Fsp3) is 0.480. The lowest BCUT2D eigenvalue weighted by molar-refractivity contribution is 0.141. The second-order valence-electron chi connectivity index (χ2n) is 8.77. The lowest BCUT2D eigenvalue weighted by Crippen LogP contribution is -2.39. The third-order valence-electron chi connectivity index (χ3n) is 6.10. The van der Waals surface area contributed by atoms with E-state index >= 15 is 0 Å². The molecule has 0 bridgehead atoms. The predicted molar refractivity (Wildman–Crippen MR) is 134 cm³/mol. The van der Waals surface area contributed by atoms with E-state index in [1.807, 2.05) is 13.0 Å². The van der Waals surface area contributed by atoms with E-state index in [2.05, 4.69) is 11.5 Å². The third kappa shape index (κ3) is 5.82. The Balaban J connectivity index is 1.62. The van der Waals surface area contributed by atoms with Crippen molar-refractivity contribution < 1.29 is 17.5 Å². The quantitative estimate of drug-likeness (QED) is 0.276. The van der Waals surface area contributed by atoms with Gasteiger partial charge in [0.1, 0.15) is 5.82 Å². The molecule has 2 heterocycles. The average molecular weight is 506 g/mol. The summed E-state index contributed by atoms with van der Waals surface area (Å²) in [6, 6.07) is 11.7. The summed E-state index contributed by atoms with van der Waals surface area (Å²) in [5.41, 5.74) is 2.58. The van der Waals surface area contributed by atoms with Crippen LogP contribution >= 0.6 is 11.8 Å². The number of thioether (sulfide) groups is 1. The second kappa shape index (κ2) is 11.2. The number of piperidine rings is 1. The van der Waals surface area contributed by atoms with E-state index < -0.39 is 10.0 Å². The van der Waals surface area contributed by atoms with Crippen molar-refractivity contribution in [3.63, 3.8) is 0 Å². The largest absolute Gasteiger partial charge is 0.382 e. The van der Waals surface area contributed by atoms with Crippen LogP contribution < -0.4 is 0 Å². The first kappa shape index (κ1) is 25.2. The standard InChI is InChI=1S/C25H32FN3O3S2/c1-3-32-15-5-14-29-24-12-11-22(34(30,31)28-13-4-6-19(2)17-28)16-23(24)27-25(29)33-18-20-7-9-21(26)10-8-20/h7-12,16,19H,3-6,13-15,17-18H2,1-2H3/t19-/m0/s1.